The molecule has 0 unspecified atom stereocenters. The van der Waals surface area contributed by atoms with E-state index >= 15 is 0 Å². The lowest BCUT2D eigenvalue weighted by atomic mass is 10.00. The molecule has 37 heavy (non-hydrogen) atoms. The minimum absolute atomic E-state index is 0.000485. The smallest absolute Gasteiger partial charge is 0.258 e. The fourth-order valence-corrected chi connectivity index (χ4v) is 4.12. The minimum Gasteiger partial charge on any atom is -0.354 e. The standard InChI is InChI=1S/C29H32FN5O2/c1-33(2)16-17-34(3)19-26(36)35(4)23-13-11-22(12-14-23)31-28(20-8-6-5-7-9-20)27-24-15-10-21(30)18-25(24)32-29(27)37/h5-15,18,31H,16-17,19H2,1-4H3,(H,32,37). The molecule has 0 spiro atoms. The quantitative estimate of drug-likeness (QED) is 0.430. The van der Waals surface area contributed by atoms with E-state index in [2.05, 4.69) is 15.5 Å². The molecule has 0 aliphatic carbocycles. The van der Waals surface area contributed by atoms with Gasteiger partial charge >= 0.3 is 0 Å². The normalized spacial score (nSPS) is 14.0. The highest BCUT2D eigenvalue weighted by Gasteiger charge is 2.28. The van der Waals surface area contributed by atoms with E-state index in [0.717, 1.165) is 30.0 Å². The van der Waals surface area contributed by atoms with Crippen LogP contribution in [-0.2, 0) is 9.59 Å². The summed E-state index contributed by atoms with van der Waals surface area (Å²) >= 11 is 0. The van der Waals surface area contributed by atoms with E-state index in [1.807, 2.05) is 80.6 Å². The second-order valence-corrected chi connectivity index (χ2v) is 9.43. The third-order valence-electron chi connectivity index (χ3n) is 6.27. The van der Waals surface area contributed by atoms with Crippen molar-refractivity contribution in [3.05, 3.63) is 89.7 Å². The van der Waals surface area contributed by atoms with Gasteiger partial charge in [-0.05, 0) is 69.2 Å². The number of benzene rings is 3. The summed E-state index contributed by atoms with van der Waals surface area (Å²) in [6.07, 6.45) is 0. The van der Waals surface area contributed by atoms with Gasteiger partial charge in [-0.15, -0.1) is 0 Å². The molecule has 0 saturated carbocycles. The molecule has 0 radical (unpaired) electrons. The summed E-state index contributed by atoms with van der Waals surface area (Å²) in [4.78, 5) is 31.5. The summed E-state index contributed by atoms with van der Waals surface area (Å²) in [6.45, 7) is 2.00. The Hall–Kier alpha value is -4.01. The molecule has 192 valence electrons. The zero-order valence-electron chi connectivity index (χ0n) is 21.6. The Kier molecular flexibility index (Phi) is 8.01. The first-order valence-electron chi connectivity index (χ1n) is 12.1. The van der Waals surface area contributed by atoms with Gasteiger partial charge in [-0.1, -0.05) is 30.3 Å². The van der Waals surface area contributed by atoms with Crippen LogP contribution in [0.1, 0.15) is 11.1 Å². The van der Waals surface area contributed by atoms with Crippen LogP contribution in [0.5, 0.6) is 0 Å². The maximum absolute atomic E-state index is 13.8. The van der Waals surface area contributed by atoms with Crippen molar-refractivity contribution in [3.8, 4) is 0 Å². The van der Waals surface area contributed by atoms with Crippen LogP contribution in [0.3, 0.4) is 0 Å². The maximum Gasteiger partial charge on any atom is 0.258 e. The molecule has 0 bridgehead atoms. The van der Waals surface area contributed by atoms with Crippen molar-refractivity contribution >= 4 is 40.1 Å². The summed E-state index contributed by atoms with van der Waals surface area (Å²) in [5, 5.41) is 6.15. The lowest BCUT2D eigenvalue weighted by Crippen LogP contribution is -2.39. The van der Waals surface area contributed by atoms with Gasteiger partial charge < -0.3 is 20.4 Å². The van der Waals surface area contributed by atoms with Gasteiger partial charge in [-0.25, -0.2) is 4.39 Å². The fourth-order valence-electron chi connectivity index (χ4n) is 4.12. The molecular weight excluding hydrogens is 469 g/mol. The number of amides is 2. The molecule has 7 nitrogen and oxygen atoms in total. The summed E-state index contributed by atoms with van der Waals surface area (Å²) in [7, 11) is 7.72. The second-order valence-electron chi connectivity index (χ2n) is 9.43. The van der Waals surface area contributed by atoms with Crippen LogP contribution in [0.4, 0.5) is 21.5 Å². The molecule has 0 saturated heterocycles. The molecule has 0 atom stereocenters. The van der Waals surface area contributed by atoms with Crippen molar-refractivity contribution in [3.63, 3.8) is 0 Å². The Balaban J connectivity index is 1.57. The van der Waals surface area contributed by atoms with E-state index in [9.17, 15) is 14.0 Å². The lowest BCUT2D eigenvalue weighted by Gasteiger charge is -2.23. The van der Waals surface area contributed by atoms with E-state index in [4.69, 9.17) is 0 Å². The van der Waals surface area contributed by atoms with Gasteiger partial charge in [0.15, 0.2) is 0 Å². The highest BCUT2D eigenvalue weighted by atomic mass is 19.1. The van der Waals surface area contributed by atoms with E-state index < -0.39 is 5.82 Å². The summed E-state index contributed by atoms with van der Waals surface area (Å²) in [5.74, 6) is -0.708. The lowest BCUT2D eigenvalue weighted by molar-refractivity contribution is -0.119. The number of hydrogen-bond donors (Lipinski definition) is 2. The van der Waals surface area contributed by atoms with Crippen molar-refractivity contribution in [1.29, 1.82) is 0 Å². The first-order chi connectivity index (χ1) is 17.7. The van der Waals surface area contributed by atoms with Gasteiger partial charge in [0.2, 0.25) is 5.91 Å². The monoisotopic (exact) mass is 501 g/mol. The zero-order chi connectivity index (χ0) is 26.5. The number of nitrogens with zero attached hydrogens (tertiary/aromatic N) is 3. The fraction of sp³-hybridized carbons (Fsp3) is 0.241. The van der Waals surface area contributed by atoms with Gasteiger partial charge in [0.05, 0.1) is 23.5 Å². The van der Waals surface area contributed by atoms with Crippen molar-refractivity contribution in [2.24, 2.45) is 0 Å². The third kappa shape index (κ3) is 6.22. The van der Waals surface area contributed by atoms with Crippen LogP contribution in [0.15, 0.2) is 72.8 Å². The first-order valence-corrected chi connectivity index (χ1v) is 12.1. The van der Waals surface area contributed by atoms with E-state index in [1.165, 1.54) is 12.1 Å². The number of rotatable bonds is 9. The third-order valence-corrected chi connectivity index (χ3v) is 6.27. The van der Waals surface area contributed by atoms with Crippen LogP contribution >= 0.6 is 0 Å². The van der Waals surface area contributed by atoms with Crippen LogP contribution in [0.2, 0.25) is 0 Å². The molecule has 1 aliphatic rings. The number of hydrogen-bond acceptors (Lipinski definition) is 5. The molecule has 1 heterocycles. The Bertz CT molecular complexity index is 1310. The van der Waals surface area contributed by atoms with Crippen LogP contribution in [-0.4, -0.2) is 69.4 Å². The average Bonchev–Trinajstić information content (AvgIpc) is 3.20. The van der Waals surface area contributed by atoms with Crippen LogP contribution in [0, 0.1) is 5.82 Å². The Labute approximate surface area is 217 Å². The zero-order valence-corrected chi connectivity index (χ0v) is 21.6. The first kappa shape index (κ1) is 26.1. The number of likely N-dealkylation sites (N-methyl/N-ethyl adjacent to an activating group) is 3. The number of halogens is 1. The number of nitrogens with one attached hydrogen (secondary N) is 2. The average molecular weight is 502 g/mol. The van der Waals surface area contributed by atoms with Gasteiger partial charge in [0.1, 0.15) is 5.82 Å². The van der Waals surface area contributed by atoms with E-state index in [1.54, 1.807) is 18.0 Å². The Morgan fingerprint density at radius 1 is 0.919 bits per heavy atom. The predicted octanol–water partition coefficient (Wildman–Crippen LogP) is 4.21. The molecule has 2 N–H and O–H groups in total. The maximum atomic E-state index is 13.8. The summed E-state index contributed by atoms with van der Waals surface area (Å²) in [6, 6.07) is 21.3. The van der Waals surface area contributed by atoms with Crippen molar-refractivity contribution in [2.45, 2.75) is 0 Å². The van der Waals surface area contributed by atoms with Crippen LogP contribution < -0.4 is 15.5 Å². The molecule has 1 aliphatic heterocycles. The van der Waals surface area contributed by atoms with Crippen molar-refractivity contribution < 1.29 is 14.0 Å². The van der Waals surface area contributed by atoms with Crippen molar-refractivity contribution in [2.75, 3.05) is 63.4 Å². The van der Waals surface area contributed by atoms with Gasteiger partial charge in [0.25, 0.3) is 5.91 Å². The molecule has 3 aromatic carbocycles. The van der Waals surface area contributed by atoms with Crippen LogP contribution in [0.25, 0.3) is 11.3 Å². The van der Waals surface area contributed by atoms with E-state index in [0.29, 0.717) is 29.1 Å². The molecule has 0 fully saturated rings. The van der Waals surface area contributed by atoms with Gasteiger partial charge in [-0.2, -0.15) is 0 Å². The molecule has 0 aromatic heterocycles. The molecule has 2 amide bonds. The number of carbonyl (C=O) groups excluding carboxylic acids is 2. The largest absolute Gasteiger partial charge is 0.354 e. The second kappa shape index (κ2) is 11.4. The SMILES string of the molecule is CN(C)CCN(C)CC(=O)N(C)c1ccc(NC(=C2C(=O)Nc3cc(F)ccc32)c2ccccc2)cc1. The topological polar surface area (TPSA) is 67.9 Å². The molecule has 4 rings (SSSR count). The molecular formula is C29H32FN5O2. The van der Waals surface area contributed by atoms with Gasteiger partial charge in [-0.3, -0.25) is 14.5 Å². The number of anilines is 3. The van der Waals surface area contributed by atoms with E-state index in [-0.39, 0.29) is 11.8 Å². The Morgan fingerprint density at radius 2 is 1.62 bits per heavy atom. The predicted molar refractivity (Wildman–Crippen MR) is 148 cm³/mol. The summed E-state index contributed by atoms with van der Waals surface area (Å²) < 4.78 is 13.8. The van der Waals surface area contributed by atoms with Gasteiger partial charge in [0, 0.05) is 37.1 Å². The number of carbonyl (C=O) groups is 2. The molecule has 3 aromatic rings. The highest BCUT2D eigenvalue weighted by Crippen LogP contribution is 2.38. The summed E-state index contributed by atoms with van der Waals surface area (Å²) in [5.41, 5.74) is 4.48. The highest BCUT2D eigenvalue weighted by molar-refractivity contribution is 6.37. The van der Waals surface area contributed by atoms with Crippen molar-refractivity contribution in [1.82, 2.24) is 9.80 Å². The Morgan fingerprint density at radius 3 is 2.30 bits per heavy atom. The number of fused-ring (bicyclic) bond motifs is 1. The molecule has 8 heteroatoms. The minimum atomic E-state index is -0.410.